The van der Waals surface area contributed by atoms with Gasteiger partial charge in [-0.2, -0.15) is 0 Å². The Bertz CT molecular complexity index is 905. The molecule has 0 aromatic heterocycles. The van der Waals surface area contributed by atoms with Gasteiger partial charge in [0.25, 0.3) is 0 Å². The van der Waals surface area contributed by atoms with Crippen LogP contribution in [0.4, 0.5) is 0 Å². The van der Waals surface area contributed by atoms with E-state index in [0.717, 1.165) is 44.9 Å². The quantitative estimate of drug-likeness (QED) is 0.0362. The molecule has 4 N–H and O–H groups in total. The molecule has 362 valence electrons. The molecule has 1 amide bonds. The van der Waals surface area contributed by atoms with E-state index >= 15 is 0 Å². The van der Waals surface area contributed by atoms with Crippen molar-refractivity contribution in [3.8, 4) is 0 Å². The van der Waals surface area contributed by atoms with Gasteiger partial charge in [-0.05, 0) is 51.4 Å². The van der Waals surface area contributed by atoms with Gasteiger partial charge in [-0.15, -0.1) is 0 Å². The number of unbranched alkanes of at least 4 members (excludes halogenated alkanes) is 39. The van der Waals surface area contributed by atoms with Crippen LogP contribution in [0.25, 0.3) is 0 Å². The lowest BCUT2D eigenvalue weighted by Crippen LogP contribution is -2.50. The van der Waals surface area contributed by atoms with Crippen LogP contribution in [0.1, 0.15) is 303 Å². The number of aliphatic hydroxyl groups is 3. The molecule has 0 aliphatic rings. The first-order valence-electron chi connectivity index (χ1n) is 27.6. The van der Waals surface area contributed by atoms with E-state index in [9.17, 15) is 20.1 Å². The van der Waals surface area contributed by atoms with Crippen LogP contribution in [0.15, 0.2) is 24.3 Å². The number of rotatable bonds is 51. The van der Waals surface area contributed by atoms with Crippen LogP contribution in [0, 0.1) is 0 Å². The number of allylic oxidation sites excluding steroid dienone is 4. The highest BCUT2D eigenvalue weighted by Crippen LogP contribution is 2.18. The van der Waals surface area contributed by atoms with Crippen LogP contribution < -0.4 is 5.32 Å². The van der Waals surface area contributed by atoms with Crippen molar-refractivity contribution in [1.82, 2.24) is 5.32 Å². The van der Waals surface area contributed by atoms with Crippen LogP contribution >= 0.6 is 0 Å². The summed E-state index contributed by atoms with van der Waals surface area (Å²) >= 11 is 0. The van der Waals surface area contributed by atoms with E-state index < -0.39 is 18.2 Å². The maximum absolute atomic E-state index is 12.5. The molecule has 5 nitrogen and oxygen atoms in total. The van der Waals surface area contributed by atoms with Gasteiger partial charge in [-0.1, -0.05) is 269 Å². The van der Waals surface area contributed by atoms with Gasteiger partial charge in [0, 0.05) is 6.42 Å². The summed E-state index contributed by atoms with van der Waals surface area (Å²) in [5.74, 6) is -0.152. The summed E-state index contributed by atoms with van der Waals surface area (Å²) < 4.78 is 0. The third kappa shape index (κ3) is 46.6. The molecule has 5 heteroatoms. The molecule has 0 saturated carbocycles. The van der Waals surface area contributed by atoms with Crippen LogP contribution in [0.2, 0.25) is 0 Å². The molecule has 0 fully saturated rings. The van der Waals surface area contributed by atoms with Crippen molar-refractivity contribution < 1.29 is 20.1 Å². The Hall–Kier alpha value is -1.17. The van der Waals surface area contributed by atoms with Gasteiger partial charge in [0.15, 0.2) is 0 Å². The highest BCUT2D eigenvalue weighted by atomic mass is 16.3. The van der Waals surface area contributed by atoms with E-state index in [1.165, 1.54) is 231 Å². The second-order valence-corrected chi connectivity index (χ2v) is 19.1. The average molecular weight is 860 g/mol. The van der Waals surface area contributed by atoms with Crippen molar-refractivity contribution in [3.63, 3.8) is 0 Å². The number of carbonyl (C=O) groups excluding carboxylic acids is 1. The van der Waals surface area contributed by atoms with E-state index in [2.05, 4.69) is 43.5 Å². The normalized spacial score (nSPS) is 13.5. The van der Waals surface area contributed by atoms with Crippen LogP contribution in [-0.2, 0) is 4.79 Å². The second-order valence-electron chi connectivity index (χ2n) is 19.1. The van der Waals surface area contributed by atoms with E-state index in [0.29, 0.717) is 12.8 Å². The summed E-state index contributed by atoms with van der Waals surface area (Å²) in [4.78, 5) is 12.5. The molecule has 0 heterocycles. The Labute approximate surface area is 382 Å². The van der Waals surface area contributed by atoms with Crippen molar-refractivity contribution in [2.24, 2.45) is 0 Å². The second kappa shape index (κ2) is 51.5. The Morgan fingerprint density at radius 2 is 0.672 bits per heavy atom. The summed E-state index contributed by atoms with van der Waals surface area (Å²) in [6.45, 7) is 4.19. The first-order valence-corrected chi connectivity index (χ1v) is 27.6. The van der Waals surface area contributed by atoms with Crippen molar-refractivity contribution in [3.05, 3.63) is 24.3 Å². The molecular formula is C56H109NO4. The summed E-state index contributed by atoms with van der Waals surface area (Å²) in [6.07, 6.45) is 64.8. The van der Waals surface area contributed by atoms with Crippen LogP contribution in [-0.4, -0.2) is 46.1 Å². The number of carbonyl (C=O) groups is 1. The third-order valence-electron chi connectivity index (χ3n) is 13.0. The lowest BCUT2D eigenvalue weighted by atomic mass is 10.0. The standard InChI is InChI=1S/C56H109NO4/c1-3-5-7-9-11-13-15-17-19-21-22-23-24-25-26-27-28-29-30-31-32-33-35-37-39-41-43-45-47-49-51-55(60)57-53(52-58)56(61)54(59)50-48-46-44-42-40-38-36-34-20-18-16-14-12-10-8-6-4-2/h34,36,42,44,53-54,56,58-59,61H,3-33,35,37-41,43,45-52H2,1-2H3,(H,57,60)/b36-34+,44-42+. The number of hydrogen-bond donors (Lipinski definition) is 4. The van der Waals surface area contributed by atoms with Gasteiger partial charge in [0.1, 0.15) is 6.10 Å². The zero-order valence-corrected chi connectivity index (χ0v) is 41.3. The molecule has 61 heavy (non-hydrogen) atoms. The highest BCUT2D eigenvalue weighted by molar-refractivity contribution is 5.76. The molecule has 0 spiro atoms. The van der Waals surface area contributed by atoms with E-state index in [1.807, 2.05) is 0 Å². The first kappa shape index (κ1) is 59.8. The Balaban J connectivity index is 3.52. The molecule has 0 saturated heterocycles. The number of hydrogen-bond acceptors (Lipinski definition) is 4. The molecule has 3 atom stereocenters. The predicted octanol–water partition coefficient (Wildman–Crippen LogP) is 16.9. The highest BCUT2D eigenvalue weighted by Gasteiger charge is 2.26. The van der Waals surface area contributed by atoms with Crippen LogP contribution in [0.5, 0.6) is 0 Å². The number of nitrogens with one attached hydrogen (secondary N) is 1. The largest absolute Gasteiger partial charge is 0.394 e. The molecule has 0 aromatic carbocycles. The van der Waals surface area contributed by atoms with Gasteiger partial charge in [0.05, 0.1) is 18.8 Å². The lowest BCUT2D eigenvalue weighted by Gasteiger charge is -2.26. The first-order chi connectivity index (χ1) is 30.1. The minimum atomic E-state index is -1.16. The topological polar surface area (TPSA) is 89.8 Å². The van der Waals surface area contributed by atoms with Gasteiger partial charge in [0.2, 0.25) is 5.91 Å². The predicted molar refractivity (Wildman–Crippen MR) is 268 cm³/mol. The van der Waals surface area contributed by atoms with Crippen molar-refractivity contribution in [1.29, 1.82) is 0 Å². The Morgan fingerprint density at radius 3 is 1.00 bits per heavy atom. The smallest absolute Gasteiger partial charge is 0.220 e. The summed E-state index contributed by atoms with van der Waals surface area (Å²) in [5.41, 5.74) is 0. The monoisotopic (exact) mass is 860 g/mol. The van der Waals surface area contributed by atoms with Gasteiger partial charge < -0.3 is 20.6 Å². The summed E-state index contributed by atoms with van der Waals surface area (Å²) in [5, 5.41) is 33.7. The number of amides is 1. The fourth-order valence-electron chi connectivity index (χ4n) is 8.77. The van der Waals surface area contributed by atoms with Crippen molar-refractivity contribution in [2.75, 3.05) is 6.61 Å². The maximum Gasteiger partial charge on any atom is 0.220 e. The van der Waals surface area contributed by atoms with Crippen LogP contribution in [0.3, 0.4) is 0 Å². The van der Waals surface area contributed by atoms with Gasteiger partial charge >= 0.3 is 0 Å². The maximum atomic E-state index is 12.5. The molecule has 0 radical (unpaired) electrons. The zero-order valence-electron chi connectivity index (χ0n) is 41.3. The molecule has 0 aliphatic carbocycles. The molecule has 3 unspecified atom stereocenters. The zero-order chi connectivity index (χ0) is 44.4. The molecule has 0 aliphatic heterocycles. The number of aliphatic hydroxyl groups excluding tert-OH is 3. The summed E-state index contributed by atoms with van der Waals surface area (Å²) in [7, 11) is 0. The summed E-state index contributed by atoms with van der Waals surface area (Å²) in [6, 6.07) is -0.829. The molecule has 0 aromatic rings. The van der Waals surface area contributed by atoms with Crippen molar-refractivity contribution in [2.45, 2.75) is 321 Å². The van der Waals surface area contributed by atoms with Gasteiger partial charge in [-0.25, -0.2) is 0 Å². The van der Waals surface area contributed by atoms with E-state index in [4.69, 9.17) is 0 Å². The minimum absolute atomic E-state index is 0.152. The lowest BCUT2D eigenvalue weighted by molar-refractivity contribution is -0.124. The van der Waals surface area contributed by atoms with E-state index in [1.54, 1.807) is 0 Å². The Kier molecular flexibility index (Phi) is 50.5. The SMILES string of the molecule is CCCCCCCCCC/C=C/CC/C=C/CCCC(O)C(O)C(CO)NC(=O)CCCCCCCCCCCCCCCCCCCCCCCCCCCCCCCC. The van der Waals surface area contributed by atoms with Gasteiger partial charge in [-0.3, -0.25) is 4.79 Å². The molecule has 0 bridgehead atoms. The van der Waals surface area contributed by atoms with E-state index in [-0.39, 0.29) is 12.5 Å². The third-order valence-corrected chi connectivity index (χ3v) is 13.0. The fraction of sp³-hybridized carbons (Fsp3) is 0.911. The Morgan fingerprint density at radius 1 is 0.393 bits per heavy atom. The fourth-order valence-corrected chi connectivity index (χ4v) is 8.77. The average Bonchev–Trinajstić information content (AvgIpc) is 3.26. The molecular weight excluding hydrogens is 751 g/mol. The minimum Gasteiger partial charge on any atom is -0.394 e. The van der Waals surface area contributed by atoms with Crippen molar-refractivity contribution >= 4 is 5.91 Å². The molecule has 0 rings (SSSR count).